The quantitative estimate of drug-likeness (QED) is 0.933. The second-order valence-corrected chi connectivity index (χ2v) is 7.47. The van der Waals surface area contributed by atoms with Crippen LogP contribution in [0.15, 0.2) is 36.7 Å². The van der Waals surface area contributed by atoms with Gasteiger partial charge >= 0.3 is 0 Å². The fraction of sp³-hybridized carbons (Fsp3) is 0.550. The standard InChI is InChI=1S/C20H26N4O/c25-19(24-13-7-8-16(14-24)18-21-15-22-23-18)20(11-5-2-6-12-20)17-9-3-1-4-10-17/h1,3-4,9-10,15-16H,2,5-8,11-14H2,(H,21,22,23). The van der Waals surface area contributed by atoms with Crippen LogP contribution in [0.2, 0.25) is 0 Å². The first-order valence-corrected chi connectivity index (χ1v) is 9.50. The molecule has 1 aliphatic heterocycles. The number of hydrogen-bond acceptors (Lipinski definition) is 3. The van der Waals surface area contributed by atoms with Crippen molar-refractivity contribution in [3.8, 4) is 0 Å². The Balaban J connectivity index is 1.60. The van der Waals surface area contributed by atoms with Crippen LogP contribution < -0.4 is 0 Å². The molecule has 1 aromatic carbocycles. The SMILES string of the molecule is O=C(N1CCCC(c2ncn[nH]2)C1)C1(c2ccccc2)CCCCC1. The zero-order chi connectivity index (χ0) is 17.1. The minimum atomic E-state index is -0.331. The number of carbonyl (C=O) groups excluding carboxylic acids is 1. The highest BCUT2D eigenvalue weighted by Crippen LogP contribution is 2.42. The number of aromatic nitrogens is 3. The maximum absolute atomic E-state index is 13.7. The molecule has 25 heavy (non-hydrogen) atoms. The Hall–Kier alpha value is -2.17. The predicted molar refractivity (Wildman–Crippen MR) is 96.1 cm³/mol. The van der Waals surface area contributed by atoms with Crippen LogP contribution in [0.4, 0.5) is 0 Å². The molecule has 1 aliphatic carbocycles. The maximum atomic E-state index is 13.7. The Labute approximate surface area is 148 Å². The summed E-state index contributed by atoms with van der Waals surface area (Å²) < 4.78 is 0. The van der Waals surface area contributed by atoms with E-state index in [1.807, 2.05) is 6.07 Å². The summed E-state index contributed by atoms with van der Waals surface area (Å²) in [6, 6.07) is 10.4. The van der Waals surface area contributed by atoms with Crippen molar-refractivity contribution < 1.29 is 4.79 Å². The van der Waals surface area contributed by atoms with Crippen LogP contribution in [0.1, 0.15) is 62.3 Å². The molecule has 1 unspecified atom stereocenters. The van der Waals surface area contributed by atoms with Crippen molar-refractivity contribution in [2.45, 2.75) is 56.3 Å². The zero-order valence-electron chi connectivity index (χ0n) is 14.7. The predicted octanol–water partition coefficient (Wildman–Crippen LogP) is 3.41. The Morgan fingerprint density at radius 3 is 2.64 bits per heavy atom. The third-order valence-electron chi connectivity index (χ3n) is 5.97. The van der Waals surface area contributed by atoms with E-state index >= 15 is 0 Å². The van der Waals surface area contributed by atoms with Gasteiger partial charge in [0.25, 0.3) is 0 Å². The van der Waals surface area contributed by atoms with Gasteiger partial charge in [-0.2, -0.15) is 5.10 Å². The van der Waals surface area contributed by atoms with E-state index in [2.05, 4.69) is 44.3 Å². The molecule has 0 radical (unpaired) electrons. The van der Waals surface area contributed by atoms with Crippen LogP contribution in [0, 0.1) is 0 Å². The lowest BCUT2D eigenvalue weighted by atomic mass is 9.68. The van der Waals surface area contributed by atoms with Crippen molar-refractivity contribution in [1.29, 1.82) is 0 Å². The van der Waals surface area contributed by atoms with Crippen LogP contribution in [0.25, 0.3) is 0 Å². The number of hydrogen-bond donors (Lipinski definition) is 1. The first-order valence-electron chi connectivity index (χ1n) is 9.50. The Morgan fingerprint density at radius 2 is 1.92 bits per heavy atom. The molecule has 5 heteroatoms. The zero-order valence-corrected chi connectivity index (χ0v) is 14.7. The third kappa shape index (κ3) is 3.08. The van der Waals surface area contributed by atoms with Gasteiger partial charge in [-0.05, 0) is 31.2 Å². The Morgan fingerprint density at radius 1 is 1.12 bits per heavy atom. The van der Waals surface area contributed by atoms with Crippen LogP contribution >= 0.6 is 0 Å². The van der Waals surface area contributed by atoms with Crippen LogP contribution in [-0.4, -0.2) is 39.1 Å². The Bertz CT molecular complexity index is 692. The van der Waals surface area contributed by atoms with Gasteiger partial charge in [0, 0.05) is 19.0 Å². The van der Waals surface area contributed by atoms with Crippen molar-refractivity contribution in [2.75, 3.05) is 13.1 Å². The number of likely N-dealkylation sites (tertiary alicyclic amines) is 1. The third-order valence-corrected chi connectivity index (χ3v) is 5.97. The number of nitrogens with zero attached hydrogens (tertiary/aromatic N) is 3. The van der Waals surface area contributed by atoms with E-state index in [1.165, 1.54) is 12.0 Å². The summed E-state index contributed by atoms with van der Waals surface area (Å²) in [5, 5.41) is 6.97. The molecule has 1 amide bonds. The van der Waals surface area contributed by atoms with E-state index in [0.29, 0.717) is 5.91 Å². The molecule has 1 saturated heterocycles. The maximum Gasteiger partial charge on any atom is 0.233 e. The van der Waals surface area contributed by atoms with Crippen LogP contribution in [0.5, 0.6) is 0 Å². The normalized spacial score (nSPS) is 23.4. The summed E-state index contributed by atoms with van der Waals surface area (Å²) in [5.41, 5.74) is 0.865. The number of piperidine rings is 1. The number of rotatable bonds is 3. The smallest absolute Gasteiger partial charge is 0.233 e. The molecule has 1 saturated carbocycles. The van der Waals surface area contributed by atoms with Gasteiger partial charge in [0.2, 0.25) is 5.91 Å². The molecule has 2 fully saturated rings. The molecule has 0 bridgehead atoms. The lowest BCUT2D eigenvalue weighted by molar-refractivity contribution is -0.140. The summed E-state index contributed by atoms with van der Waals surface area (Å²) in [7, 11) is 0. The monoisotopic (exact) mass is 338 g/mol. The fourth-order valence-electron chi connectivity index (χ4n) is 4.64. The lowest BCUT2D eigenvalue weighted by Gasteiger charge is -2.42. The number of amides is 1. The summed E-state index contributed by atoms with van der Waals surface area (Å²) in [6.07, 6.45) is 9.11. The molecule has 2 heterocycles. The van der Waals surface area contributed by atoms with E-state index < -0.39 is 0 Å². The van der Waals surface area contributed by atoms with Gasteiger partial charge in [0.15, 0.2) is 0 Å². The summed E-state index contributed by atoms with van der Waals surface area (Å²) in [4.78, 5) is 20.1. The van der Waals surface area contributed by atoms with Crippen LogP contribution in [-0.2, 0) is 10.2 Å². The highest BCUT2D eigenvalue weighted by molar-refractivity contribution is 5.88. The molecule has 2 aromatic rings. The largest absolute Gasteiger partial charge is 0.341 e. The number of carbonyl (C=O) groups is 1. The summed E-state index contributed by atoms with van der Waals surface area (Å²) in [6.45, 7) is 1.61. The van der Waals surface area contributed by atoms with E-state index in [1.54, 1.807) is 6.33 Å². The molecule has 132 valence electrons. The topological polar surface area (TPSA) is 61.9 Å². The number of H-pyrrole nitrogens is 1. The molecule has 2 aliphatic rings. The molecular formula is C20H26N4O. The number of aromatic amines is 1. The van der Waals surface area contributed by atoms with Crippen molar-refractivity contribution in [2.24, 2.45) is 0 Å². The first-order chi connectivity index (χ1) is 12.3. The van der Waals surface area contributed by atoms with Crippen molar-refractivity contribution in [3.05, 3.63) is 48.0 Å². The molecule has 5 nitrogen and oxygen atoms in total. The average Bonchev–Trinajstić information content (AvgIpc) is 3.24. The molecular weight excluding hydrogens is 312 g/mol. The van der Waals surface area contributed by atoms with Gasteiger partial charge in [0.1, 0.15) is 12.2 Å². The van der Waals surface area contributed by atoms with Gasteiger partial charge in [-0.1, -0.05) is 49.6 Å². The van der Waals surface area contributed by atoms with Crippen molar-refractivity contribution >= 4 is 5.91 Å². The van der Waals surface area contributed by atoms with E-state index in [9.17, 15) is 4.79 Å². The van der Waals surface area contributed by atoms with Gasteiger partial charge < -0.3 is 4.90 Å². The second kappa shape index (κ2) is 6.98. The average molecular weight is 338 g/mol. The molecule has 0 spiro atoms. The summed E-state index contributed by atoms with van der Waals surface area (Å²) in [5.74, 6) is 1.51. The highest BCUT2D eigenvalue weighted by Gasteiger charge is 2.44. The van der Waals surface area contributed by atoms with Crippen LogP contribution in [0.3, 0.4) is 0 Å². The number of benzene rings is 1. The minimum absolute atomic E-state index is 0.275. The summed E-state index contributed by atoms with van der Waals surface area (Å²) >= 11 is 0. The van der Waals surface area contributed by atoms with Crippen molar-refractivity contribution in [1.82, 2.24) is 20.1 Å². The van der Waals surface area contributed by atoms with Gasteiger partial charge in [-0.3, -0.25) is 9.89 Å². The van der Waals surface area contributed by atoms with E-state index in [4.69, 9.17) is 0 Å². The molecule has 1 aromatic heterocycles. The Kier molecular flexibility index (Phi) is 4.55. The van der Waals surface area contributed by atoms with E-state index in [0.717, 1.165) is 57.4 Å². The fourth-order valence-corrected chi connectivity index (χ4v) is 4.64. The lowest BCUT2D eigenvalue weighted by Crippen LogP contribution is -2.51. The molecule has 4 rings (SSSR count). The molecule has 1 atom stereocenters. The first kappa shape index (κ1) is 16.3. The van der Waals surface area contributed by atoms with E-state index in [-0.39, 0.29) is 11.3 Å². The number of nitrogens with one attached hydrogen (secondary N) is 1. The molecule has 1 N–H and O–H groups in total. The van der Waals surface area contributed by atoms with Crippen molar-refractivity contribution in [3.63, 3.8) is 0 Å². The second-order valence-electron chi connectivity index (χ2n) is 7.47. The van der Waals surface area contributed by atoms with Gasteiger partial charge in [0.05, 0.1) is 5.41 Å². The minimum Gasteiger partial charge on any atom is -0.341 e. The van der Waals surface area contributed by atoms with Gasteiger partial charge in [-0.25, -0.2) is 4.98 Å². The van der Waals surface area contributed by atoms with Gasteiger partial charge in [-0.15, -0.1) is 0 Å². The highest BCUT2D eigenvalue weighted by atomic mass is 16.2.